The monoisotopic (exact) mass is 812 g/mol. The Labute approximate surface area is 347 Å². The molecule has 0 aromatic rings. The number of nitrogens with zero attached hydrogens (tertiary/aromatic N) is 2. The van der Waals surface area contributed by atoms with Crippen molar-refractivity contribution in [2.75, 3.05) is 27.7 Å². The summed E-state index contributed by atoms with van der Waals surface area (Å²) in [6.45, 7) is 4.35. The molecule has 9 heteroatoms. The predicted molar refractivity (Wildman–Crippen MR) is 232 cm³/mol. The fourth-order valence-corrected chi connectivity index (χ4v) is 7.39. The van der Waals surface area contributed by atoms with E-state index in [-0.39, 0.29) is 30.3 Å². The largest absolute Gasteiger partial charge is 0.323 e. The van der Waals surface area contributed by atoms with Crippen LogP contribution in [0.3, 0.4) is 0 Å². The van der Waals surface area contributed by atoms with Crippen molar-refractivity contribution in [2.45, 2.75) is 212 Å². The van der Waals surface area contributed by atoms with Crippen LogP contribution in [0, 0.1) is 0 Å². The number of Topliss-reactive ketones (excluding diaryl/α,β-unsaturated/α-hetero) is 1. The van der Waals surface area contributed by atoms with Gasteiger partial charge in [-0.25, -0.2) is 0 Å². The van der Waals surface area contributed by atoms with E-state index in [0.29, 0.717) is 12.8 Å². The van der Waals surface area contributed by atoms with Gasteiger partial charge in [0.05, 0.1) is 21.1 Å². The van der Waals surface area contributed by atoms with Gasteiger partial charge in [-0.15, -0.1) is 0 Å². The molecule has 0 aromatic carbocycles. The molecule has 0 rings (SSSR count). The normalized spacial score (nSPS) is 13.1. The van der Waals surface area contributed by atoms with E-state index in [1.54, 1.807) is 21.1 Å². The summed E-state index contributed by atoms with van der Waals surface area (Å²) in [4.78, 5) is 68.0. The van der Waals surface area contributed by atoms with Crippen LogP contribution in [0.2, 0.25) is 0 Å². The number of hydrogen-bond acceptors (Lipinski definition) is 5. The summed E-state index contributed by atoms with van der Waals surface area (Å²) < 4.78 is 0.180. The first-order valence-electron chi connectivity index (χ1n) is 22.2. The number of halogens is 2. The first-order valence-corrected chi connectivity index (χ1v) is 23.0. The number of allylic oxidation sites excluding steroid dienone is 4. The lowest BCUT2D eigenvalue weighted by Crippen LogP contribution is -2.65. The molecule has 0 heterocycles. The molecule has 0 radical (unpaired) electrons. The number of amides is 2. The molecule has 0 aliphatic heterocycles. The fraction of sp³-hybridized carbons (Fsp3) is 0.804. The third kappa shape index (κ3) is 27.4. The van der Waals surface area contributed by atoms with E-state index in [1.807, 2.05) is 0 Å². The Hall–Kier alpha value is -1.83. The van der Waals surface area contributed by atoms with E-state index in [2.05, 4.69) is 38.2 Å². The van der Waals surface area contributed by atoms with Gasteiger partial charge in [-0.1, -0.05) is 141 Å². The average molecular weight is 813 g/mol. The van der Waals surface area contributed by atoms with Crippen molar-refractivity contribution in [3.63, 3.8) is 0 Å². The standard InChI is InChI=1S/C46H81Cl2N2O5/c1-6-8-10-12-14-16-18-20-22-24-26-28-30-32-34-36-41(51)46(45(48)55,39-38-42(47)52)49(44(54)40-50(3,4)5)43(53)37-35-33-31-29-27-25-23-21-19-17-15-13-11-9-7-2/h20-23H,6-19,24-40H2,1-5H3/q+1/b22-20-,23-21-/t46-/m0/s1. The maximum absolute atomic E-state index is 14.1. The molecule has 7 nitrogen and oxygen atoms in total. The van der Waals surface area contributed by atoms with E-state index < -0.39 is 40.0 Å². The Kier molecular flexibility index (Phi) is 33.1. The molecule has 0 spiro atoms. The van der Waals surface area contributed by atoms with Crippen molar-refractivity contribution in [3.8, 4) is 0 Å². The highest BCUT2D eigenvalue weighted by Crippen LogP contribution is 2.31. The number of carbonyl (C=O) groups excluding carboxylic acids is 5. The SMILES string of the molecule is CCCCCCCC/C=C\CCCCCCCC(=O)N(C(=O)C[N+](C)(C)C)[C@](CCC(=O)Cl)(C(=O)Cl)C(=O)CCCCCCC/C=C\CCCCCCCC. The van der Waals surface area contributed by atoms with E-state index in [0.717, 1.165) is 81.9 Å². The maximum atomic E-state index is 14.1. The van der Waals surface area contributed by atoms with Crippen molar-refractivity contribution in [1.82, 2.24) is 4.90 Å². The Morgan fingerprint density at radius 2 is 0.855 bits per heavy atom. The summed E-state index contributed by atoms with van der Waals surface area (Å²) >= 11 is 11.9. The maximum Gasteiger partial charge on any atom is 0.285 e. The fourth-order valence-electron chi connectivity index (χ4n) is 7.01. The van der Waals surface area contributed by atoms with Crippen molar-refractivity contribution in [3.05, 3.63) is 24.3 Å². The van der Waals surface area contributed by atoms with E-state index in [9.17, 15) is 24.0 Å². The lowest BCUT2D eigenvalue weighted by Gasteiger charge is -2.39. The minimum absolute atomic E-state index is 0.00245. The minimum atomic E-state index is -2.27. The zero-order valence-corrected chi connectivity index (χ0v) is 37.4. The van der Waals surface area contributed by atoms with Gasteiger partial charge in [-0.2, -0.15) is 0 Å². The van der Waals surface area contributed by atoms with Gasteiger partial charge in [0, 0.05) is 19.3 Å². The molecule has 55 heavy (non-hydrogen) atoms. The molecule has 0 aliphatic carbocycles. The average Bonchev–Trinajstić information content (AvgIpc) is 3.12. The number of unbranched alkanes of at least 4 members (excludes halogenated alkanes) is 22. The van der Waals surface area contributed by atoms with Crippen molar-refractivity contribution in [2.24, 2.45) is 0 Å². The highest BCUT2D eigenvalue weighted by molar-refractivity contribution is 6.68. The number of quaternary nitrogens is 1. The smallest absolute Gasteiger partial charge is 0.285 e. The first kappa shape index (κ1) is 53.2. The Morgan fingerprint density at radius 3 is 1.22 bits per heavy atom. The van der Waals surface area contributed by atoms with Crippen LogP contribution in [0.15, 0.2) is 24.3 Å². The molecule has 0 N–H and O–H groups in total. The van der Waals surface area contributed by atoms with Gasteiger partial charge in [0.1, 0.15) is 0 Å². The van der Waals surface area contributed by atoms with Crippen molar-refractivity contribution < 1.29 is 28.5 Å². The molecule has 0 bridgehead atoms. The third-order valence-electron chi connectivity index (χ3n) is 10.3. The Bertz CT molecular complexity index is 1120. The molecule has 0 fully saturated rings. The molecule has 0 aliphatic rings. The first-order chi connectivity index (χ1) is 26.3. The van der Waals surface area contributed by atoms with Crippen molar-refractivity contribution >= 4 is 51.3 Å². The highest BCUT2D eigenvalue weighted by atomic mass is 35.5. The van der Waals surface area contributed by atoms with Crippen LogP contribution in [0.1, 0.15) is 206 Å². The number of likely N-dealkylation sites (N-methyl/N-ethyl adjacent to an activating group) is 1. The summed E-state index contributed by atoms with van der Waals surface area (Å²) in [7, 11) is 5.39. The van der Waals surface area contributed by atoms with Crippen LogP contribution in [0.5, 0.6) is 0 Å². The van der Waals surface area contributed by atoms with Gasteiger partial charge in [0.2, 0.25) is 11.1 Å². The minimum Gasteiger partial charge on any atom is -0.323 e. The number of hydrogen-bond donors (Lipinski definition) is 0. The van der Waals surface area contributed by atoms with Crippen LogP contribution < -0.4 is 0 Å². The van der Waals surface area contributed by atoms with E-state index in [1.165, 1.54) is 77.0 Å². The molecule has 0 unspecified atom stereocenters. The van der Waals surface area contributed by atoms with Gasteiger partial charge in [0.15, 0.2) is 17.9 Å². The molecule has 0 saturated heterocycles. The molecule has 1 atom stereocenters. The number of ketones is 1. The summed E-state index contributed by atoms with van der Waals surface area (Å²) in [6.07, 6.45) is 37.0. The second kappa shape index (κ2) is 34.2. The summed E-state index contributed by atoms with van der Waals surface area (Å²) in [5, 5.41) is -1.88. The highest BCUT2D eigenvalue weighted by Gasteiger charge is 2.54. The molecule has 0 saturated carbocycles. The number of imide groups is 1. The quantitative estimate of drug-likeness (QED) is 0.0204. The Balaban J connectivity index is 5.21. The summed E-state index contributed by atoms with van der Waals surface area (Å²) in [5.41, 5.74) is -2.27. The van der Waals surface area contributed by atoms with Crippen LogP contribution >= 0.6 is 23.2 Å². The second-order valence-corrected chi connectivity index (χ2v) is 17.4. The predicted octanol–water partition coefficient (Wildman–Crippen LogP) is 12.7. The lowest BCUT2D eigenvalue weighted by atomic mass is 9.84. The molecule has 318 valence electrons. The van der Waals surface area contributed by atoms with Gasteiger partial charge in [-0.3, -0.25) is 28.9 Å². The van der Waals surface area contributed by atoms with E-state index in [4.69, 9.17) is 23.2 Å². The summed E-state index contributed by atoms with van der Waals surface area (Å²) in [6, 6.07) is 0. The molecule has 0 aromatic heterocycles. The molecule has 2 amide bonds. The van der Waals surface area contributed by atoms with Crippen LogP contribution in [-0.4, -0.2) is 70.7 Å². The van der Waals surface area contributed by atoms with Crippen LogP contribution in [-0.2, 0) is 24.0 Å². The zero-order chi connectivity index (χ0) is 41.2. The molecular weight excluding hydrogens is 731 g/mol. The van der Waals surface area contributed by atoms with Gasteiger partial charge < -0.3 is 4.48 Å². The third-order valence-corrected chi connectivity index (χ3v) is 10.8. The van der Waals surface area contributed by atoms with Gasteiger partial charge >= 0.3 is 0 Å². The number of rotatable bonds is 38. The Morgan fingerprint density at radius 1 is 0.491 bits per heavy atom. The van der Waals surface area contributed by atoms with Crippen molar-refractivity contribution in [1.29, 1.82) is 0 Å². The van der Waals surface area contributed by atoms with Crippen LogP contribution in [0.4, 0.5) is 0 Å². The topological polar surface area (TPSA) is 88.6 Å². The van der Waals surface area contributed by atoms with E-state index >= 15 is 0 Å². The second-order valence-electron chi connectivity index (χ2n) is 16.7. The molecular formula is C46H81Cl2N2O5+. The lowest BCUT2D eigenvalue weighted by molar-refractivity contribution is -0.862. The van der Waals surface area contributed by atoms with Gasteiger partial charge in [0.25, 0.3) is 11.1 Å². The van der Waals surface area contributed by atoms with Crippen LogP contribution in [0.25, 0.3) is 0 Å². The zero-order valence-electron chi connectivity index (χ0n) is 35.9. The number of carbonyl (C=O) groups is 5. The van der Waals surface area contributed by atoms with Gasteiger partial charge in [-0.05, 0) is 93.8 Å². The summed E-state index contributed by atoms with van der Waals surface area (Å²) in [5.74, 6) is -1.86.